The minimum absolute atomic E-state index is 1.64. The van der Waals surface area contributed by atoms with E-state index in [0.717, 1.165) is 0 Å². The van der Waals surface area contributed by atoms with E-state index in [9.17, 15) is 0 Å². The van der Waals surface area contributed by atoms with Gasteiger partial charge in [-0.15, -0.1) is 0 Å². The largest absolute Gasteiger partial charge is 0.354 e. The topological polar surface area (TPSA) is 28.0 Å². The normalized spacial score (nSPS) is 16.9. The first kappa shape index (κ1) is 5.03. The van der Waals surface area contributed by atoms with Crippen LogP contribution in [0.1, 0.15) is 0 Å². The third kappa shape index (κ3) is 1.18. The number of nitrogens with zero attached hydrogens (tertiary/aromatic N) is 3. The summed E-state index contributed by atoms with van der Waals surface area (Å²) in [4.78, 5) is 1.88. The summed E-state index contributed by atoms with van der Waals surface area (Å²) in [6.45, 7) is 0. The SMILES string of the molecule is CN1C=CN=NC=C1. The molecule has 1 heterocycles. The van der Waals surface area contributed by atoms with Crippen LogP contribution in [0, 0.1) is 0 Å². The third-order valence-electron chi connectivity index (χ3n) is 0.804. The van der Waals surface area contributed by atoms with Gasteiger partial charge in [-0.1, -0.05) is 0 Å². The van der Waals surface area contributed by atoms with Crippen molar-refractivity contribution in [2.45, 2.75) is 0 Å². The van der Waals surface area contributed by atoms with E-state index < -0.39 is 0 Å². The lowest BCUT2D eigenvalue weighted by atomic mass is 10.7. The lowest BCUT2D eigenvalue weighted by molar-refractivity contribution is 0.626. The lowest BCUT2D eigenvalue weighted by Crippen LogP contribution is -1.97. The molecular formula is C5H7N3. The molecule has 0 aromatic carbocycles. The van der Waals surface area contributed by atoms with Crippen LogP contribution in [0.2, 0.25) is 0 Å². The van der Waals surface area contributed by atoms with Gasteiger partial charge in [0.05, 0.1) is 12.4 Å². The van der Waals surface area contributed by atoms with Gasteiger partial charge >= 0.3 is 0 Å². The van der Waals surface area contributed by atoms with Gasteiger partial charge in [0.25, 0.3) is 0 Å². The highest BCUT2D eigenvalue weighted by Crippen LogP contribution is 1.92. The second-order valence-corrected chi connectivity index (χ2v) is 1.49. The molecule has 0 unspecified atom stereocenters. The van der Waals surface area contributed by atoms with Crippen molar-refractivity contribution >= 4 is 0 Å². The van der Waals surface area contributed by atoms with Gasteiger partial charge in [-0.3, -0.25) is 0 Å². The van der Waals surface area contributed by atoms with Gasteiger partial charge in [-0.05, 0) is 0 Å². The monoisotopic (exact) mass is 109 g/mol. The molecule has 0 fully saturated rings. The van der Waals surface area contributed by atoms with Gasteiger partial charge in [0, 0.05) is 19.4 Å². The van der Waals surface area contributed by atoms with Crippen LogP contribution in [0.5, 0.6) is 0 Å². The lowest BCUT2D eigenvalue weighted by Gasteiger charge is -2.00. The molecule has 0 bridgehead atoms. The first-order valence-electron chi connectivity index (χ1n) is 2.35. The minimum atomic E-state index is 1.64. The molecule has 1 aliphatic rings. The van der Waals surface area contributed by atoms with Crippen LogP contribution >= 0.6 is 0 Å². The molecule has 8 heavy (non-hydrogen) atoms. The fourth-order valence-corrected chi connectivity index (χ4v) is 0.397. The Hall–Kier alpha value is -1.12. The fourth-order valence-electron chi connectivity index (χ4n) is 0.397. The molecule has 3 nitrogen and oxygen atoms in total. The summed E-state index contributed by atoms with van der Waals surface area (Å²) in [5, 5.41) is 7.27. The van der Waals surface area contributed by atoms with Crippen LogP contribution in [0.15, 0.2) is 35.0 Å². The Labute approximate surface area is 48.0 Å². The zero-order chi connectivity index (χ0) is 5.82. The molecular weight excluding hydrogens is 102 g/mol. The first-order valence-corrected chi connectivity index (χ1v) is 2.35. The summed E-state index contributed by atoms with van der Waals surface area (Å²) in [7, 11) is 1.92. The Kier molecular flexibility index (Phi) is 1.42. The van der Waals surface area contributed by atoms with E-state index in [4.69, 9.17) is 0 Å². The molecule has 3 heteroatoms. The van der Waals surface area contributed by atoms with Crippen LogP contribution in [-0.4, -0.2) is 11.9 Å². The predicted octanol–water partition coefficient (Wildman–Crippen LogP) is 1.33. The average Bonchev–Trinajstić information content (AvgIpc) is 1.94. The summed E-state index contributed by atoms with van der Waals surface area (Å²) in [5.74, 6) is 0. The maximum Gasteiger partial charge on any atom is 0.0657 e. The molecule has 0 saturated carbocycles. The van der Waals surface area contributed by atoms with E-state index in [2.05, 4.69) is 10.2 Å². The number of hydrogen-bond acceptors (Lipinski definition) is 3. The molecule has 0 atom stereocenters. The highest BCUT2D eigenvalue weighted by atomic mass is 15.1. The molecule has 0 aromatic rings. The highest BCUT2D eigenvalue weighted by molar-refractivity contribution is 4.90. The standard InChI is InChI=1S/C5H7N3/c1-8-4-2-6-7-3-5-8/h2-5H,1H3. The average molecular weight is 109 g/mol. The minimum Gasteiger partial charge on any atom is -0.354 e. The molecule has 0 radical (unpaired) electrons. The van der Waals surface area contributed by atoms with Crippen LogP contribution in [0.4, 0.5) is 0 Å². The van der Waals surface area contributed by atoms with Crippen LogP contribution in [0.3, 0.4) is 0 Å². The van der Waals surface area contributed by atoms with Crippen molar-refractivity contribution in [3.05, 3.63) is 24.8 Å². The van der Waals surface area contributed by atoms with E-state index in [1.807, 2.05) is 24.3 Å². The van der Waals surface area contributed by atoms with E-state index in [1.165, 1.54) is 0 Å². The predicted molar refractivity (Wildman–Crippen MR) is 30.9 cm³/mol. The summed E-state index contributed by atoms with van der Waals surface area (Å²) in [6.07, 6.45) is 6.93. The van der Waals surface area contributed by atoms with Gasteiger partial charge in [0.1, 0.15) is 0 Å². The van der Waals surface area contributed by atoms with Crippen molar-refractivity contribution in [2.75, 3.05) is 7.05 Å². The van der Waals surface area contributed by atoms with Gasteiger partial charge in [0.2, 0.25) is 0 Å². The summed E-state index contributed by atoms with van der Waals surface area (Å²) >= 11 is 0. The van der Waals surface area contributed by atoms with Crippen molar-refractivity contribution in [1.82, 2.24) is 4.90 Å². The molecule has 42 valence electrons. The Morgan fingerprint density at radius 2 is 1.62 bits per heavy atom. The van der Waals surface area contributed by atoms with Gasteiger partial charge in [-0.2, -0.15) is 10.2 Å². The van der Waals surface area contributed by atoms with Crippen molar-refractivity contribution < 1.29 is 0 Å². The Morgan fingerprint density at radius 1 is 1.12 bits per heavy atom. The molecule has 1 aliphatic heterocycles. The van der Waals surface area contributed by atoms with Crippen LogP contribution in [0.25, 0.3) is 0 Å². The maximum atomic E-state index is 3.64. The van der Waals surface area contributed by atoms with Crippen LogP contribution in [-0.2, 0) is 0 Å². The second kappa shape index (κ2) is 2.26. The molecule has 1 rings (SSSR count). The molecule has 0 aromatic heterocycles. The third-order valence-corrected chi connectivity index (χ3v) is 0.804. The molecule has 0 amide bonds. The van der Waals surface area contributed by atoms with Gasteiger partial charge in [-0.25, -0.2) is 0 Å². The zero-order valence-corrected chi connectivity index (χ0v) is 4.65. The van der Waals surface area contributed by atoms with E-state index in [1.54, 1.807) is 12.4 Å². The molecule has 0 spiro atoms. The fraction of sp³-hybridized carbons (Fsp3) is 0.200. The summed E-state index contributed by atoms with van der Waals surface area (Å²) in [5.41, 5.74) is 0. The highest BCUT2D eigenvalue weighted by Gasteiger charge is 1.81. The quantitative estimate of drug-likeness (QED) is 0.461. The van der Waals surface area contributed by atoms with Crippen molar-refractivity contribution in [2.24, 2.45) is 10.2 Å². The van der Waals surface area contributed by atoms with Crippen molar-refractivity contribution in [3.63, 3.8) is 0 Å². The Bertz CT molecular complexity index is 130. The first-order chi connectivity index (χ1) is 3.89. The molecule has 0 N–H and O–H groups in total. The van der Waals surface area contributed by atoms with Crippen LogP contribution < -0.4 is 0 Å². The molecule has 0 aliphatic carbocycles. The maximum absolute atomic E-state index is 3.64. The molecule has 0 saturated heterocycles. The Balaban J connectivity index is 2.66. The summed E-state index contributed by atoms with van der Waals surface area (Å²) < 4.78 is 0. The zero-order valence-electron chi connectivity index (χ0n) is 4.65. The van der Waals surface area contributed by atoms with E-state index in [-0.39, 0.29) is 0 Å². The summed E-state index contributed by atoms with van der Waals surface area (Å²) in [6, 6.07) is 0. The number of hydrogen-bond donors (Lipinski definition) is 0. The number of rotatable bonds is 0. The smallest absolute Gasteiger partial charge is 0.0657 e. The van der Waals surface area contributed by atoms with E-state index >= 15 is 0 Å². The number of azo groups is 1. The van der Waals surface area contributed by atoms with Gasteiger partial charge in [0.15, 0.2) is 0 Å². The van der Waals surface area contributed by atoms with Crippen molar-refractivity contribution in [1.29, 1.82) is 0 Å². The van der Waals surface area contributed by atoms with E-state index in [0.29, 0.717) is 0 Å². The van der Waals surface area contributed by atoms with Gasteiger partial charge < -0.3 is 4.90 Å². The Morgan fingerprint density at radius 3 is 2.12 bits per heavy atom. The second-order valence-electron chi connectivity index (χ2n) is 1.49. The van der Waals surface area contributed by atoms with Crippen molar-refractivity contribution in [3.8, 4) is 0 Å².